The molecule has 0 aliphatic heterocycles. The molecule has 0 amide bonds. The predicted molar refractivity (Wildman–Crippen MR) is 105 cm³/mol. The molecule has 4 rings (SSSR count). The van der Waals surface area contributed by atoms with Gasteiger partial charge in [0.15, 0.2) is 0 Å². The normalized spacial score (nSPS) is 10.6. The maximum Gasteiger partial charge on any atom is 0.335 e. The third-order valence-corrected chi connectivity index (χ3v) is 4.35. The Hall–Kier alpha value is -4.00. The first kappa shape index (κ1) is 17.4. The number of carboxylic acids is 1. The molecular formula is C21H17N5O2. The first-order chi connectivity index (χ1) is 13.7. The average molecular weight is 371 g/mol. The van der Waals surface area contributed by atoms with Gasteiger partial charge >= 0.3 is 5.97 Å². The van der Waals surface area contributed by atoms with Gasteiger partial charge in [-0.25, -0.2) is 4.79 Å². The Morgan fingerprint density at radius 2 is 1.75 bits per heavy atom. The van der Waals surface area contributed by atoms with Crippen molar-refractivity contribution >= 4 is 11.9 Å². The number of carbonyl (C=O) groups is 1. The molecule has 0 fully saturated rings. The molecule has 1 heterocycles. The first-order valence-corrected chi connectivity index (χ1v) is 8.72. The lowest BCUT2D eigenvalue weighted by molar-refractivity contribution is 0.0697. The summed E-state index contributed by atoms with van der Waals surface area (Å²) in [6, 6.07) is 24.4. The van der Waals surface area contributed by atoms with Gasteiger partial charge in [0.05, 0.1) is 11.3 Å². The Balaban J connectivity index is 1.61. The topological polar surface area (TPSA) is 92.9 Å². The number of hydrogen-bond donors (Lipinski definition) is 2. The minimum Gasteiger partial charge on any atom is -0.478 e. The van der Waals surface area contributed by atoms with Crippen LogP contribution < -0.4 is 5.32 Å². The third kappa shape index (κ3) is 3.59. The highest BCUT2D eigenvalue weighted by atomic mass is 16.4. The number of carboxylic acid groups (broad SMARTS) is 1. The summed E-state index contributed by atoms with van der Waals surface area (Å²) in [7, 11) is 0. The monoisotopic (exact) mass is 371 g/mol. The standard InChI is InChI=1S/C21H17N5O2/c27-20(28)16-9-6-8-15(13-16)19-12-5-4-7-17(19)14-22-21-23-24-25-26(21)18-10-2-1-3-11-18/h1-13H,14H2,(H,27,28)(H,22,23,25). The lowest BCUT2D eigenvalue weighted by atomic mass is 9.98. The fourth-order valence-electron chi connectivity index (χ4n) is 2.99. The molecule has 2 N–H and O–H groups in total. The molecule has 28 heavy (non-hydrogen) atoms. The number of hydrogen-bond acceptors (Lipinski definition) is 5. The van der Waals surface area contributed by atoms with Crippen molar-refractivity contribution in [2.75, 3.05) is 5.32 Å². The van der Waals surface area contributed by atoms with Crippen molar-refractivity contribution in [1.29, 1.82) is 0 Å². The van der Waals surface area contributed by atoms with Crippen LogP contribution in [-0.4, -0.2) is 31.3 Å². The van der Waals surface area contributed by atoms with Crippen molar-refractivity contribution in [2.24, 2.45) is 0 Å². The number of anilines is 1. The first-order valence-electron chi connectivity index (χ1n) is 8.72. The lowest BCUT2D eigenvalue weighted by Crippen LogP contribution is -2.08. The van der Waals surface area contributed by atoms with E-state index in [1.807, 2.05) is 60.7 Å². The van der Waals surface area contributed by atoms with Crippen molar-refractivity contribution in [3.63, 3.8) is 0 Å². The van der Waals surface area contributed by atoms with Crippen LogP contribution in [0.1, 0.15) is 15.9 Å². The summed E-state index contributed by atoms with van der Waals surface area (Å²) in [5, 5.41) is 24.4. The summed E-state index contributed by atoms with van der Waals surface area (Å²) in [5.41, 5.74) is 3.93. The Morgan fingerprint density at radius 3 is 2.57 bits per heavy atom. The largest absolute Gasteiger partial charge is 0.478 e. The van der Waals surface area contributed by atoms with Gasteiger partial charge < -0.3 is 10.4 Å². The molecule has 0 aliphatic carbocycles. The van der Waals surface area contributed by atoms with Gasteiger partial charge in [-0.3, -0.25) is 0 Å². The number of aromatic nitrogens is 4. The van der Waals surface area contributed by atoms with Crippen molar-refractivity contribution in [1.82, 2.24) is 20.2 Å². The quantitative estimate of drug-likeness (QED) is 0.537. The van der Waals surface area contributed by atoms with Crippen LogP contribution in [-0.2, 0) is 6.54 Å². The van der Waals surface area contributed by atoms with Gasteiger partial charge in [0.2, 0.25) is 5.95 Å². The fourth-order valence-corrected chi connectivity index (χ4v) is 2.99. The number of benzene rings is 3. The van der Waals surface area contributed by atoms with Crippen LogP contribution in [0.2, 0.25) is 0 Å². The minimum absolute atomic E-state index is 0.258. The number of nitrogens with one attached hydrogen (secondary N) is 1. The zero-order chi connectivity index (χ0) is 19.3. The van der Waals surface area contributed by atoms with Gasteiger partial charge in [0, 0.05) is 6.54 Å². The molecule has 0 saturated carbocycles. The van der Waals surface area contributed by atoms with E-state index in [4.69, 9.17) is 0 Å². The molecule has 0 atom stereocenters. The molecule has 3 aromatic carbocycles. The lowest BCUT2D eigenvalue weighted by Gasteiger charge is -2.12. The van der Waals surface area contributed by atoms with Gasteiger partial charge in [0.25, 0.3) is 0 Å². The molecule has 0 spiro atoms. The second kappa shape index (κ2) is 7.71. The fraction of sp³-hybridized carbons (Fsp3) is 0.0476. The van der Waals surface area contributed by atoms with E-state index < -0.39 is 5.97 Å². The Morgan fingerprint density at radius 1 is 0.964 bits per heavy atom. The number of aromatic carboxylic acids is 1. The molecule has 1 aromatic heterocycles. The number of rotatable bonds is 6. The Bertz CT molecular complexity index is 1110. The molecule has 0 saturated heterocycles. The highest BCUT2D eigenvalue weighted by Crippen LogP contribution is 2.25. The third-order valence-electron chi connectivity index (χ3n) is 4.35. The van der Waals surface area contributed by atoms with Crippen LogP contribution in [0.25, 0.3) is 16.8 Å². The van der Waals surface area contributed by atoms with E-state index in [0.29, 0.717) is 12.5 Å². The van der Waals surface area contributed by atoms with E-state index >= 15 is 0 Å². The Kier molecular flexibility index (Phi) is 4.79. The zero-order valence-corrected chi connectivity index (χ0v) is 14.9. The van der Waals surface area contributed by atoms with Crippen LogP contribution in [0.3, 0.4) is 0 Å². The predicted octanol–water partition coefficient (Wildman–Crippen LogP) is 3.64. The van der Waals surface area contributed by atoms with Crippen molar-refractivity contribution in [2.45, 2.75) is 6.54 Å². The molecule has 0 radical (unpaired) electrons. The second-order valence-corrected chi connectivity index (χ2v) is 6.15. The molecule has 138 valence electrons. The van der Waals surface area contributed by atoms with Crippen LogP contribution in [0.15, 0.2) is 78.9 Å². The van der Waals surface area contributed by atoms with E-state index in [0.717, 1.165) is 22.4 Å². The smallest absolute Gasteiger partial charge is 0.335 e. The number of tetrazole rings is 1. The van der Waals surface area contributed by atoms with Crippen molar-refractivity contribution < 1.29 is 9.90 Å². The van der Waals surface area contributed by atoms with E-state index in [9.17, 15) is 9.90 Å². The Labute approximate surface area is 161 Å². The van der Waals surface area contributed by atoms with Gasteiger partial charge in [-0.2, -0.15) is 4.68 Å². The maximum absolute atomic E-state index is 11.3. The molecule has 0 bridgehead atoms. The average Bonchev–Trinajstić information content (AvgIpc) is 3.22. The highest BCUT2D eigenvalue weighted by Gasteiger charge is 2.11. The summed E-state index contributed by atoms with van der Waals surface area (Å²) in [4.78, 5) is 11.3. The number of nitrogens with zero attached hydrogens (tertiary/aromatic N) is 4. The number of para-hydroxylation sites is 1. The maximum atomic E-state index is 11.3. The van der Waals surface area contributed by atoms with Gasteiger partial charge in [-0.05, 0) is 51.4 Å². The van der Waals surface area contributed by atoms with Gasteiger partial charge in [-0.1, -0.05) is 59.7 Å². The molecule has 7 heteroatoms. The zero-order valence-electron chi connectivity index (χ0n) is 14.9. The van der Waals surface area contributed by atoms with Crippen molar-refractivity contribution in [3.05, 3.63) is 90.0 Å². The molecule has 7 nitrogen and oxygen atoms in total. The SMILES string of the molecule is O=C(O)c1cccc(-c2ccccc2CNc2nnnn2-c2ccccc2)c1. The van der Waals surface area contributed by atoms with Crippen LogP contribution >= 0.6 is 0 Å². The van der Waals surface area contributed by atoms with Gasteiger partial charge in [-0.15, -0.1) is 0 Å². The molecule has 0 aliphatic rings. The molecule has 0 unspecified atom stereocenters. The summed E-state index contributed by atoms with van der Waals surface area (Å²) < 4.78 is 1.63. The van der Waals surface area contributed by atoms with E-state index in [1.165, 1.54) is 0 Å². The second-order valence-electron chi connectivity index (χ2n) is 6.15. The molecule has 4 aromatic rings. The molecular weight excluding hydrogens is 354 g/mol. The highest BCUT2D eigenvalue weighted by molar-refractivity contribution is 5.89. The summed E-state index contributed by atoms with van der Waals surface area (Å²) in [5.74, 6) is -0.417. The van der Waals surface area contributed by atoms with Crippen LogP contribution in [0.5, 0.6) is 0 Å². The van der Waals surface area contributed by atoms with Crippen LogP contribution in [0, 0.1) is 0 Å². The van der Waals surface area contributed by atoms with Crippen molar-refractivity contribution in [3.8, 4) is 16.8 Å². The van der Waals surface area contributed by atoms with E-state index in [1.54, 1.807) is 22.9 Å². The summed E-state index contributed by atoms with van der Waals surface area (Å²) >= 11 is 0. The van der Waals surface area contributed by atoms with Gasteiger partial charge in [0.1, 0.15) is 0 Å². The van der Waals surface area contributed by atoms with E-state index in [2.05, 4.69) is 20.8 Å². The summed E-state index contributed by atoms with van der Waals surface area (Å²) in [6.07, 6.45) is 0. The minimum atomic E-state index is -0.945. The van der Waals surface area contributed by atoms with E-state index in [-0.39, 0.29) is 5.56 Å². The summed E-state index contributed by atoms with van der Waals surface area (Å²) in [6.45, 7) is 0.487. The van der Waals surface area contributed by atoms with Crippen LogP contribution in [0.4, 0.5) is 5.95 Å².